The van der Waals surface area contributed by atoms with Gasteiger partial charge in [0, 0.05) is 23.6 Å². The Hall–Kier alpha value is -1.75. The molecule has 2 nitrogen and oxygen atoms in total. The quantitative estimate of drug-likeness (QED) is 0.779. The second-order valence-corrected chi connectivity index (χ2v) is 5.35. The summed E-state index contributed by atoms with van der Waals surface area (Å²) in [5.74, 6) is -1.49. The number of carbonyl (C=O) groups is 1. The third-order valence-corrected chi connectivity index (χ3v) is 3.36. The number of carbonyl (C=O) groups excluding carboxylic acids is 1. The third-order valence-electron chi connectivity index (χ3n) is 2.87. The first-order valence-electron chi connectivity index (χ1n) is 5.91. The van der Waals surface area contributed by atoms with Gasteiger partial charge in [-0.1, -0.05) is 28.1 Å². The average molecular weight is 340 g/mol. The van der Waals surface area contributed by atoms with Crippen LogP contribution in [-0.4, -0.2) is 13.3 Å². The van der Waals surface area contributed by atoms with Crippen LogP contribution >= 0.6 is 15.9 Å². The number of halogens is 3. The maximum Gasteiger partial charge on any atom is 0.150 e. The van der Waals surface area contributed by atoms with E-state index in [9.17, 15) is 13.6 Å². The van der Waals surface area contributed by atoms with Crippen LogP contribution in [0.5, 0.6) is 0 Å². The maximum absolute atomic E-state index is 13.9. The van der Waals surface area contributed by atoms with Crippen molar-refractivity contribution in [1.82, 2.24) is 0 Å². The van der Waals surface area contributed by atoms with Gasteiger partial charge in [0.25, 0.3) is 0 Å². The molecule has 0 aliphatic rings. The van der Waals surface area contributed by atoms with Crippen molar-refractivity contribution in [2.75, 3.05) is 11.9 Å². The van der Waals surface area contributed by atoms with Gasteiger partial charge in [0.05, 0.1) is 0 Å². The molecule has 0 saturated carbocycles. The van der Waals surface area contributed by atoms with Crippen molar-refractivity contribution in [3.05, 3.63) is 63.6 Å². The van der Waals surface area contributed by atoms with Crippen LogP contribution in [0.3, 0.4) is 0 Å². The van der Waals surface area contributed by atoms with Crippen LogP contribution in [-0.2, 0) is 6.54 Å². The lowest BCUT2D eigenvalue weighted by atomic mass is 10.1. The molecule has 0 aromatic heterocycles. The highest BCUT2D eigenvalue weighted by Gasteiger charge is 2.15. The first kappa shape index (κ1) is 14.7. The lowest BCUT2D eigenvalue weighted by Crippen LogP contribution is -2.19. The smallest absolute Gasteiger partial charge is 0.150 e. The van der Waals surface area contributed by atoms with Crippen molar-refractivity contribution >= 4 is 27.9 Å². The van der Waals surface area contributed by atoms with Crippen molar-refractivity contribution in [2.24, 2.45) is 0 Å². The number of aldehydes is 1. The maximum atomic E-state index is 13.9. The summed E-state index contributed by atoms with van der Waals surface area (Å²) >= 11 is 3.35. The summed E-state index contributed by atoms with van der Waals surface area (Å²) in [6.45, 7) is 0.355. The Kier molecular flexibility index (Phi) is 4.49. The number of nitrogens with zero attached hydrogens (tertiary/aromatic N) is 1. The zero-order chi connectivity index (χ0) is 14.7. The van der Waals surface area contributed by atoms with E-state index in [1.54, 1.807) is 7.05 Å². The Bertz CT molecular complexity index is 623. The Morgan fingerprint density at radius 1 is 1.20 bits per heavy atom. The van der Waals surface area contributed by atoms with Crippen LogP contribution in [0.25, 0.3) is 0 Å². The van der Waals surface area contributed by atoms with Crippen molar-refractivity contribution < 1.29 is 13.6 Å². The van der Waals surface area contributed by atoms with Crippen LogP contribution in [0.15, 0.2) is 40.9 Å². The molecule has 0 unspecified atom stereocenters. The summed E-state index contributed by atoms with van der Waals surface area (Å²) in [5, 5.41) is 0. The molecule has 0 aliphatic heterocycles. The molecule has 0 amide bonds. The second-order valence-electron chi connectivity index (χ2n) is 4.44. The Labute approximate surface area is 124 Å². The van der Waals surface area contributed by atoms with Gasteiger partial charge in [-0.3, -0.25) is 4.79 Å². The number of benzene rings is 2. The van der Waals surface area contributed by atoms with E-state index in [4.69, 9.17) is 0 Å². The van der Waals surface area contributed by atoms with Crippen molar-refractivity contribution in [3.8, 4) is 0 Å². The SMILES string of the molecule is CN(Cc1cccc(Br)c1)c1c(F)cc(C=O)cc1F. The molecule has 0 aliphatic carbocycles. The third kappa shape index (κ3) is 3.22. The average Bonchev–Trinajstić information content (AvgIpc) is 2.37. The number of rotatable bonds is 4. The molecule has 0 N–H and O–H groups in total. The van der Waals surface area contributed by atoms with Gasteiger partial charge in [0.1, 0.15) is 23.6 Å². The summed E-state index contributed by atoms with van der Waals surface area (Å²) < 4.78 is 28.7. The van der Waals surface area contributed by atoms with Gasteiger partial charge in [-0.25, -0.2) is 8.78 Å². The van der Waals surface area contributed by atoms with Crippen LogP contribution in [0.4, 0.5) is 14.5 Å². The number of hydrogen-bond donors (Lipinski definition) is 0. The topological polar surface area (TPSA) is 20.3 Å². The van der Waals surface area contributed by atoms with Crippen LogP contribution in [0.2, 0.25) is 0 Å². The molecule has 104 valence electrons. The van der Waals surface area contributed by atoms with Gasteiger partial charge < -0.3 is 4.90 Å². The van der Waals surface area contributed by atoms with Gasteiger partial charge in [-0.2, -0.15) is 0 Å². The minimum absolute atomic E-state index is 0.0143. The predicted octanol–water partition coefficient (Wildman–Crippen LogP) is 4.18. The fourth-order valence-corrected chi connectivity index (χ4v) is 2.45. The van der Waals surface area contributed by atoms with Gasteiger partial charge in [-0.15, -0.1) is 0 Å². The second kappa shape index (κ2) is 6.13. The highest BCUT2D eigenvalue weighted by molar-refractivity contribution is 9.10. The zero-order valence-corrected chi connectivity index (χ0v) is 12.3. The fraction of sp³-hybridized carbons (Fsp3) is 0.133. The molecule has 0 radical (unpaired) electrons. The molecule has 2 aromatic rings. The first-order chi connectivity index (χ1) is 9.51. The van der Waals surface area contributed by atoms with Crippen molar-refractivity contribution in [3.63, 3.8) is 0 Å². The molecular weight excluding hydrogens is 328 g/mol. The fourth-order valence-electron chi connectivity index (χ4n) is 2.01. The Balaban J connectivity index is 2.29. The van der Waals surface area contributed by atoms with E-state index in [0.717, 1.165) is 22.2 Å². The Morgan fingerprint density at radius 3 is 2.40 bits per heavy atom. The summed E-state index contributed by atoms with van der Waals surface area (Å²) in [6.07, 6.45) is 0.421. The Morgan fingerprint density at radius 2 is 1.85 bits per heavy atom. The molecular formula is C15H12BrF2NO. The van der Waals surface area contributed by atoms with E-state index in [0.29, 0.717) is 12.8 Å². The molecule has 20 heavy (non-hydrogen) atoms. The predicted molar refractivity (Wildman–Crippen MR) is 78.0 cm³/mol. The first-order valence-corrected chi connectivity index (χ1v) is 6.70. The van der Waals surface area contributed by atoms with E-state index in [1.165, 1.54) is 4.90 Å². The highest BCUT2D eigenvalue weighted by Crippen LogP contribution is 2.25. The van der Waals surface area contributed by atoms with Gasteiger partial charge in [0.15, 0.2) is 0 Å². The molecule has 0 saturated heterocycles. The van der Waals surface area contributed by atoms with E-state index >= 15 is 0 Å². The molecule has 0 spiro atoms. The zero-order valence-electron chi connectivity index (χ0n) is 10.7. The van der Waals surface area contributed by atoms with E-state index in [2.05, 4.69) is 15.9 Å². The van der Waals surface area contributed by atoms with Crippen LogP contribution in [0, 0.1) is 11.6 Å². The van der Waals surface area contributed by atoms with Gasteiger partial charge in [0.2, 0.25) is 0 Å². The van der Waals surface area contributed by atoms with Crippen molar-refractivity contribution in [2.45, 2.75) is 6.54 Å². The molecule has 2 aromatic carbocycles. The normalized spacial score (nSPS) is 10.4. The number of anilines is 1. The summed E-state index contributed by atoms with van der Waals surface area (Å²) in [7, 11) is 1.60. The largest absolute Gasteiger partial charge is 0.366 e. The van der Waals surface area contributed by atoms with Gasteiger partial charge in [-0.05, 0) is 29.8 Å². The standard InChI is InChI=1S/C15H12BrF2NO/c1-19(8-10-3-2-4-12(16)5-10)15-13(17)6-11(9-20)7-14(15)18/h2-7,9H,8H2,1H3. The molecule has 0 bridgehead atoms. The summed E-state index contributed by atoms with van der Waals surface area (Å²) in [5.41, 5.74) is 0.760. The molecule has 0 heterocycles. The minimum Gasteiger partial charge on any atom is -0.366 e. The minimum atomic E-state index is -0.746. The lowest BCUT2D eigenvalue weighted by Gasteiger charge is -2.21. The van der Waals surface area contributed by atoms with E-state index < -0.39 is 11.6 Å². The molecule has 5 heteroatoms. The lowest BCUT2D eigenvalue weighted by molar-refractivity contribution is 0.112. The van der Waals surface area contributed by atoms with Crippen LogP contribution < -0.4 is 4.90 Å². The van der Waals surface area contributed by atoms with Gasteiger partial charge >= 0.3 is 0 Å². The highest BCUT2D eigenvalue weighted by atomic mass is 79.9. The van der Waals surface area contributed by atoms with Crippen LogP contribution in [0.1, 0.15) is 15.9 Å². The summed E-state index contributed by atoms with van der Waals surface area (Å²) in [6, 6.07) is 9.55. The molecule has 0 fully saturated rings. The van der Waals surface area contributed by atoms with Crippen molar-refractivity contribution in [1.29, 1.82) is 0 Å². The van der Waals surface area contributed by atoms with E-state index in [1.807, 2.05) is 24.3 Å². The summed E-state index contributed by atoms with van der Waals surface area (Å²) in [4.78, 5) is 12.0. The monoisotopic (exact) mass is 339 g/mol. The molecule has 2 rings (SSSR count). The molecule has 0 atom stereocenters. The number of hydrogen-bond acceptors (Lipinski definition) is 2. The van der Waals surface area contributed by atoms with E-state index in [-0.39, 0.29) is 11.3 Å².